The predicted octanol–water partition coefficient (Wildman–Crippen LogP) is 1.06. The summed E-state index contributed by atoms with van der Waals surface area (Å²) in [5, 5.41) is 4.10. The van der Waals surface area contributed by atoms with E-state index in [4.69, 9.17) is 5.73 Å². The first kappa shape index (κ1) is 13.9. The van der Waals surface area contributed by atoms with Crippen LogP contribution in [0.25, 0.3) is 10.8 Å². The number of nitrogens with two attached hydrogens (primary N) is 1. The number of hydrogen-bond donors (Lipinski definition) is 2. The fourth-order valence-electron chi connectivity index (χ4n) is 3.43. The van der Waals surface area contributed by atoms with Crippen molar-refractivity contribution in [2.45, 2.75) is 25.4 Å². The molecular formula is C17H15N3O3. The molecule has 1 fully saturated rings. The number of piperidine rings is 1. The third-order valence-corrected chi connectivity index (χ3v) is 4.48. The van der Waals surface area contributed by atoms with Gasteiger partial charge in [0.05, 0.1) is 5.69 Å². The van der Waals surface area contributed by atoms with Crippen molar-refractivity contribution in [2.24, 2.45) is 5.73 Å². The van der Waals surface area contributed by atoms with E-state index in [0.717, 1.165) is 16.3 Å². The third kappa shape index (κ3) is 1.95. The van der Waals surface area contributed by atoms with E-state index in [1.165, 1.54) is 4.90 Å². The molecule has 0 saturated carbocycles. The zero-order valence-electron chi connectivity index (χ0n) is 12.3. The van der Waals surface area contributed by atoms with Gasteiger partial charge in [-0.25, -0.2) is 0 Å². The van der Waals surface area contributed by atoms with Crippen LogP contribution >= 0.6 is 0 Å². The van der Waals surface area contributed by atoms with Crippen molar-refractivity contribution in [3.63, 3.8) is 0 Å². The number of hydrogen-bond acceptors (Lipinski definition) is 4. The molecule has 0 radical (unpaired) electrons. The second-order valence-corrected chi connectivity index (χ2v) is 5.86. The number of anilines is 1. The fraction of sp³-hybridized carbons (Fsp3) is 0.235. The Morgan fingerprint density at radius 1 is 1.22 bits per heavy atom. The lowest BCUT2D eigenvalue weighted by Crippen LogP contribution is -2.53. The lowest BCUT2D eigenvalue weighted by atomic mass is 10.0. The van der Waals surface area contributed by atoms with Gasteiger partial charge in [-0.3, -0.25) is 24.6 Å². The number of nitrogens with one attached hydrogen (secondary N) is 1. The van der Waals surface area contributed by atoms with Gasteiger partial charge in [0.1, 0.15) is 6.04 Å². The first-order chi connectivity index (χ1) is 11.1. The Morgan fingerprint density at radius 3 is 2.78 bits per heavy atom. The van der Waals surface area contributed by atoms with Crippen LogP contribution < -0.4 is 16.0 Å². The molecule has 3 amide bonds. The topological polar surface area (TPSA) is 92.5 Å². The minimum atomic E-state index is -0.663. The molecule has 0 bridgehead atoms. The SMILES string of the molecule is NCc1cc2c3c(cccc3c1)C(=O)N2C1CCC(=O)NC1=O. The molecule has 4 rings (SSSR count). The minimum absolute atomic E-state index is 0.200. The van der Waals surface area contributed by atoms with Crippen LogP contribution in [0.5, 0.6) is 0 Å². The van der Waals surface area contributed by atoms with Gasteiger partial charge >= 0.3 is 0 Å². The summed E-state index contributed by atoms with van der Waals surface area (Å²) in [5.41, 5.74) is 7.95. The van der Waals surface area contributed by atoms with Crippen molar-refractivity contribution in [3.05, 3.63) is 41.5 Å². The summed E-state index contributed by atoms with van der Waals surface area (Å²) in [6, 6.07) is 8.69. The molecule has 0 aromatic heterocycles. The largest absolute Gasteiger partial charge is 0.326 e. The van der Waals surface area contributed by atoms with Gasteiger partial charge in [0.15, 0.2) is 0 Å². The average Bonchev–Trinajstić information content (AvgIpc) is 2.82. The number of carbonyl (C=O) groups excluding carboxylic acids is 3. The highest BCUT2D eigenvalue weighted by Gasteiger charge is 2.40. The molecule has 6 nitrogen and oxygen atoms in total. The van der Waals surface area contributed by atoms with Crippen LogP contribution in [0.4, 0.5) is 5.69 Å². The Kier molecular flexibility index (Phi) is 2.96. The summed E-state index contributed by atoms with van der Waals surface area (Å²) < 4.78 is 0. The van der Waals surface area contributed by atoms with E-state index in [-0.39, 0.29) is 18.2 Å². The van der Waals surface area contributed by atoms with Crippen molar-refractivity contribution in [3.8, 4) is 0 Å². The van der Waals surface area contributed by atoms with Crippen LogP contribution in [0.2, 0.25) is 0 Å². The molecule has 2 aromatic rings. The zero-order valence-corrected chi connectivity index (χ0v) is 12.3. The van der Waals surface area contributed by atoms with Crippen LogP contribution in [0, 0.1) is 0 Å². The monoisotopic (exact) mass is 309 g/mol. The van der Waals surface area contributed by atoms with Crippen molar-refractivity contribution in [2.75, 3.05) is 4.90 Å². The Morgan fingerprint density at radius 2 is 2.04 bits per heavy atom. The Balaban J connectivity index is 1.89. The van der Waals surface area contributed by atoms with Gasteiger partial charge in [-0.1, -0.05) is 12.1 Å². The van der Waals surface area contributed by atoms with E-state index < -0.39 is 11.9 Å². The second kappa shape index (κ2) is 4.89. The van der Waals surface area contributed by atoms with Crippen LogP contribution in [0.15, 0.2) is 30.3 Å². The maximum absolute atomic E-state index is 12.8. The number of amides is 3. The first-order valence-electron chi connectivity index (χ1n) is 7.53. The van der Waals surface area contributed by atoms with Crippen LogP contribution in [0.1, 0.15) is 28.8 Å². The molecule has 1 saturated heterocycles. The van der Waals surface area contributed by atoms with Gasteiger partial charge in [-0.15, -0.1) is 0 Å². The molecule has 23 heavy (non-hydrogen) atoms. The van der Waals surface area contributed by atoms with E-state index in [1.807, 2.05) is 24.3 Å². The molecule has 3 N–H and O–H groups in total. The van der Waals surface area contributed by atoms with Gasteiger partial charge in [0, 0.05) is 23.9 Å². The van der Waals surface area contributed by atoms with Crippen molar-refractivity contribution < 1.29 is 14.4 Å². The van der Waals surface area contributed by atoms with Crippen LogP contribution in [-0.4, -0.2) is 23.8 Å². The molecule has 0 spiro atoms. The summed E-state index contributed by atoms with van der Waals surface area (Å²) in [5.74, 6) is -0.917. The Hall–Kier alpha value is -2.73. The highest BCUT2D eigenvalue weighted by atomic mass is 16.2. The summed E-state index contributed by atoms with van der Waals surface area (Å²) in [7, 11) is 0. The van der Waals surface area contributed by atoms with Gasteiger partial charge in [-0.05, 0) is 35.6 Å². The number of imide groups is 1. The molecule has 1 atom stereocenters. The number of nitrogens with zero attached hydrogens (tertiary/aromatic N) is 1. The van der Waals surface area contributed by atoms with Crippen molar-refractivity contribution in [1.29, 1.82) is 0 Å². The lowest BCUT2D eigenvalue weighted by Gasteiger charge is -2.30. The van der Waals surface area contributed by atoms with E-state index in [9.17, 15) is 14.4 Å². The minimum Gasteiger partial charge on any atom is -0.326 e. The number of rotatable bonds is 2. The summed E-state index contributed by atoms with van der Waals surface area (Å²) in [4.78, 5) is 37.9. The molecule has 2 aromatic carbocycles. The summed E-state index contributed by atoms with van der Waals surface area (Å²) in [6.45, 7) is 0.352. The third-order valence-electron chi connectivity index (χ3n) is 4.48. The van der Waals surface area contributed by atoms with Crippen molar-refractivity contribution in [1.82, 2.24) is 5.32 Å². The molecule has 2 aliphatic rings. The van der Waals surface area contributed by atoms with Crippen molar-refractivity contribution >= 4 is 34.2 Å². The van der Waals surface area contributed by atoms with Gasteiger partial charge in [0.2, 0.25) is 11.8 Å². The number of benzene rings is 2. The highest BCUT2D eigenvalue weighted by Crippen LogP contribution is 2.40. The van der Waals surface area contributed by atoms with Gasteiger partial charge < -0.3 is 5.73 Å². The molecule has 6 heteroatoms. The Bertz CT molecular complexity index is 875. The average molecular weight is 309 g/mol. The fourth-order valence-corrected chi connectivity index (χ4v) is 3.43. The zero-order chi connectivity index (χ0) is 16.1. The van der Waals surface area contributed by atoms with E-state index in [1.54, 1.807) is 6.07 Å². The molecular weight excluding hydrogens is 294 g/mol. The summed E-state index contributed by atoms with van der Waals surface area (Å²) in [6.07, 6.45) is 0.564. The van der Waals surface area contributed by atoms with Gasteiger partial charge in [0.25, 0.3) is 5.91 Å². The van der Waals surface area contributed by atoms with E-state index in [2.05, 4.69) is 5.32 Å². The maximum Gasteiger partial charge on any atom is 0.259 e. The smallest absolute Gasteiger partial charge is 0.259 e. The molecule has 2 aliphatic heterocycles. The predicted molar refractivity (Wildman–Crippen MR) is 84.8 cm³/mol. The van der Waals surface area contributed by atoms with Crippen LogP contribution in [0.3, 0.4) is 0 Å². The summed E-state index contributed by atoms with van der Waals surface area (Å²) >= 11 is 0. The molecule has 2 heterocycles. The first-order valence-corrected chi connectivity index (χ1v) is 7.53. The number of carbonyl (C=O) groups is 3. The lowest BCUT2D eigenvalue weighted by molar-refractivity contribution is -0.134. The van der Waals surface area contributed by atoms with E-state index >= 15 is 0 Å². The normalized spacial score (nSPS) is 20.3. The Labute approximate surface area is 132 Å². The molecule has 1 unspecified atom stereocenters. The quantitative estimate of drug-likeness (QED) is 0.811. The van der Waals surface area contributed by atoms with E-state index in [0.29, 0.717) is 24.2 Å². The molecule has 116 valence electrons. The van der Waals surface area contributed by atoms with Gasteiger partial charge in [-0.2, -0.15) is 0 Å². The van der Waals surface area contributed by atoms with Crippen LogP contribution in [-0.2, 0) is 16.1 Å². The standard InChI is InChI=1S/C17H15N3O3/c18-8-9-6-10-2-1-3-11-15(10)13(7-9)20(17(11)23)12-4-5-14(21)19-16(12)22/h1-3,6-7,12H,4-5,8,18H2,(H,19,21,22). The second-order valence-electron chi connectivity index (χ2n) is 5.86. The highest BCUT2D eigenvalue weighted by molar-refractivity contribution is 6.27. The molecule has 0 aliphatic carbocycles. The maximum atomic E-state index is 12.8.